The quantitative estimate of drug-likeness (QED) is 0.410. The van der Waals surface area contributed by atoms with Gasteiger partial charge in [-0.05, 0) is 52.3 Å². The fourth-order valence-corrected chi connectivity index (χ4v) is 3.18. The predicted octanol–water partition coefficient (Wildman–Crippen LogP) is 2.72. The van der Waals surface area contributed by atoms with Gasteiger partial charge in [-0.25, -0.2) is 0 Å². The van der Waals surface area contributed by atoms with Crippen molar-refractivity contribution in [2.45, 2.75) is 39.7 Å². The minimum atomic E-state index is 0.352. The summed E-state index contributed by atoms with van der Waals surface area (Å²) in [6.07, 6.45) is 2.58. The van der Waals surface area contributed by atoms with Gasteiger partial charge in [0, 0.05) is 19.7 Å². The van der Waals surface area contributed by atoms with Crippen molar-refractivity contribution in [2.75, 3.05) is 45.9 Å². The average molecular weight is 347 g/mol. The van der Waals surface area contributed by atoms with Crippen LogP contribution in [0.25, 0.3) is 0 Å². The third kappa shape index (κ3) is 6.67. The van der Waals surface area contributed by atoms with Crippen molar-refractivity contribution in [3.63, 3.8) is 0 Å². The fourth-order valence-electron chi connectivity index (χ4n) is 3.18. The minimum Gasteiger partial charge on any atom is -0.380 e. The first-order chi connectivity index (χ1) is 12.2. The molecule has 2 N–H and O–H groups in total. The fraction of sp³-hybridized carbons (Fsp3) is 0.650. The number of hydrogen-bond donors (Lipinski definition) is 2. The Labute approximate surface area is 152 Å². The Kier molecular flexibility index (Phi) is 8.77. The molecular weight excluding hydrogens is 312 g/mol. The van der Waals surface area contributed by atoms with E-state index in [0.29, 0.717) is 12.6 Å². The number of aliphatic imine (C=N–C) groups is 1. The summed E-state index contributed by atoms with van der Waals surface area (Å²) in [6, 6.07) is 9.26. The first-order valence-corrected chi connectivity index (χ1v) is 9.65. The van der Waals surface area contributed by atoms with Crippen LogP contribution in [0.4, 0.5) is 0 Å². The summed E-state index contributed by atoms with van der Waals surface area (Å²) >= 11 is 0. The van der Waals surface area contributed by atoms with E-state index in [-0.39, 0.29) is 0 Å². The third-order valence-electron chi connectivity index (χ3n) is 4.55. The van der Waals surface area contributed by atoms with Crippen LogP contribution in [0, 0.1) is 6.92 Å². The molecular formula is C20H34N4O. The van der Waals surface area contributed by atoms with E-state index in [9.17, 15) is 0 Å². The molecule has 25 heavy (non-hydrogen) atoms. The van der Waals surface area contributed by atoms with Crippen molar-refractivity contribution < 1.29 is 4.74 Å². The summed E-state index contributed by atoms with van der Waals surface area (Å²) in [4.78, 5) is 7.42. The molecule has 5 heteroatoms. The largest absolute Gasteiger partial charge is 0.380 e. The molecule has 0 radical (unpaired) electrons. The van der Waals surface area contributed by atoms with Crippen LogP contribution in [0.15, 0.2) is 29.3 Å². The molecule has 0 aromatic heterocycles. The first-order valence-electron chi connectivity index (χ1n) is 9.65. The summed E-state index contributed by atoms with van der Waals surface area (Å²) in [5.74, 6) is 0.874. The average Bonchev–Trinajstić information content (AvgIpc) is 3.14. The van der Waals surface area contributed by atoms with Gasteiger partial charge in [-0.1, -0.05) is 29.8 Å². The highest BCUT2D eigenvalue weighted by molar-refractivity contribution is 5.79. The summed E-state index contributed by atoms with van der Waals surface area (Å²) in [6.45, 7) is 12.4. The van der Waals surface area contributed by atoms with E-state index < -0.39 is 0 Å². The van der Waals surface area contributed by atoms with Gasteiger partial charge in [0.2, 0.25) is 0 Å². The molecule has 5 nitrogen and oxygen atoms in total. The third-order valence-corrected chi connectivity index (χ3v) is 4.55. The number of ether oxygens (including phenoxy) is 1. The van der Waals surface area contributed by atoms with Gasteiger partial charge in [0.05, 0.1) is 19.2 Å². The second-order valence-corrected chi connectivity index (χ2v) is 6.51. The van der Waals surface area contributed by atoms with Crippen LogP contribution in [0.5, 0.6) is 0 Å². The zero-order valence-corrected chi connectivity index (χ0v) is 16.1. The van der Waals surface area contributed by atoms with Crippen molar-refractivity contribution in [2.24, 2.45) is 4.99 Å². The van der Waals surface area contributed by atoms with E-state index >= 15 is 0 Å². The Morgan fingerprint density at radius 1 is 1.16 bits per heavy atom. The van der Waals surface area contributed by atoms with Crippen LogP contribution >= 0.6 is 0 Å². The molecule has 0 saturated carbocycles. The van der Waals surface area contributed by atoms with Crippen molar-refractivity contribution in [1.82, 2.24) is 15.5 Å². The molecule has 0 amide bonds. The van der Waals surface area contributed by atoms with Gasteiger partial charge in [0.25, 0.3) is 0 Å². The van der Waals surface area contributed by atoms with Crippen molar-refractivity contribution in [3.8, 4) is 0 Å². The lowest BCUT2D eigenvalue weighted by Gasteiger charge is -2.27. The van der Waals surface area contributed by atoms with Gasteiger partial charge in [-0.15, -0.1) is 0 Å². The summed E-state index contributed by atoms with van der Waals surface area (Å²) in [7, 11) is 0. The molecule has 0 bridgehead atoms. The molecule has 1 atom stereocenters. The van der Waals surface area contributed by atoms with Gasteiger partial charge in [-0.2, -0.15) is 0 Å². The molecule has 1 heterocycles. The van der Waals surface area contributed by atoms with Crippen LogP contribution in [0.2, 0.25) is 0 Å². The Bertz CT molecular complexity index is 509. The molecule has 0 aliphatic carbocycles. The van der Waals surface area contributed by atoms with Crippen LogP contribution in [0.3, 0.4) is 0 Å². The van der Waals surface area contributed by atoms with Gasteiger partial charge >= 0.3 is 0 Å². The van der Waals surface area contributed by atoms with E-state index in [1.54, 1.807) is 0 Å². The van der Waals surface area contributed by atoms with Crippen LogP contribution in [0.1, 0.15) is 43.9 Å². The summed E-state index contributed by atoms with van der Waals surface area (Å²) < 4.78 is 5.40. The van der Waals surface area contributed by atoms with E-state index in [1.807, 2.05) is 6.92 Å². The van der Waals surface area contributed by atoms with E-state index in [2.05, 4.69) is 53.6 Å². The molecule has 1 aliphatic rings. The van der Waals surface area contributed by atoms with E-state index in [4.69, 9.17) is 9.73 Å². The Hall–Kier alpha value is -1.59. The Morgan fingerprint density at radius 3 is 2.52 bits per heavy atom. The summed E-state index contributed by atoms with van der Waals surface area (Å²) in [5.41, 5.74) is 2.67. The topological polar surface area (TPSA) is 48.9 Å². The molecule has 2 rings (SSSR count). The van der Waals surface area contributed by atoms with Crippen LogP contribution in [-0.4, -0.2) is 56.8 Å². The van der Waals surface area contributed by atoms with E-state index in [1.165, 1.54) is 37.1 Å². The Balaban J connectivity index is 2.03. The second kappa shape index (κ2) is 11.1. The normalized spacial score (nSPS) is 16.8. The molecule has 1 aromatic rings. The highest BCUT2D eigenvalue weighted by Gasteiger charge is 2.23. The maximum Gasteiger partial charge on any atom is 0.191 e. The number of likely N-dealkylation sites (tertiary alicyclic amines) is 1. The van der Waals surface area contributed by atoms with Crippen molar-refractivity contribution in [1.29, 1.82) is 0 Å². The molecule has 1 aromatic carbocycles. The van der Waals surface area contributed by atoms with E-state index in [0.717, 1.165) is 32.2 Å². The number of aryl methyl sites for hydroxylation is 1. The van der Waals surface area contributed by atoms with Gasteiger partial charge < -0.3 is 15.4 Å². The number of nitrogens with zero attached hydrogens (tertiary/aromatic N) is 2. The number of rotatable bonds is 9. The maximum atomic E-state index is 5.40. The lowest BCUT2D eigenvalue weighted by atomic mass is 10.0. The highest BCUT2D eigenvalue weighted by atomic mass is 16.5. The first kappa shape index (κ1) is 19.7. The molecule has 1 unspecified atom stereocenters. The molecule has 1 saturated heterocycles. The molecule has 140 valence electrons. The number of guanidine groups is 1. The minimum absolute atomic E-state index is 0.352. The molecule has 1 fully saturated rings. The second-order valence-electron chi connectivity index (χ2n) is 6.51. The van der Waals surface area contributed by atoms with Crippen molar-refractivity contribution in [3.05, 3.63) is 35.4 Å². The van der Waals surface area contributed by atoms with Gasteiger partial charge in [-0.3, -0.25) is 9.89 Å². The van der Waals surface area contributed by atoms with Crippen LogP contribution in [-0.2, 0) is 4.74 Å². The zero-order chi connectivity index (χ0) is 17.9. The zero-order valence-electron chi connectivity index (χ0n) is 16.1. The molecule has 1 aliphatic heterocycles. The Morgan fingerprint density at radius 2 is 1.88 bits per heavy atom. The summed E-state index contributed by atoms with van der Waals surface area (Å²) in [5, 5.41) is 6.69. The number of hydrogen-bond acceptors (Lipinski definition) is 3. The standard InChI is InChI=1S/C20H34N4O/c1-4-21-20(22-12-15-25-5-2)23-16-19(24-13-6-7-14-24)18-10-8-17(3)9-11-18/h8-11,19H,4-7,12-16H2,1-3H3,(H2,21,22,23). The smallest absolute Gasteiger partial charge is 0.191 e. The number of nitrogens with one attached hydrogen (secondary N) is 2. The monoisotopic (exact) mass is 346 g/mol. The SMILES string of the molecule is CCNC(=NCC(c1ccc(C)cc1)N1CCCC1)NCCOCC. The van der Waals surface area contributed by atoms with Crippen LogP contribution < -0.4 is 10.6 Å². The number of benzene rings is 1. The molecule has 0 spiro atoms. The lowest BCUT2D eigenvalue weighted by molar-refractivity contribution is 0.152. The van der Waals surface area contributed by atoms with Crippen molar-refractivity contribution >= 4 is 5.96 Å². The predicted molar refractivity (Wildman–Crippen MR) is 105 cm³/mol. The lowest BCUT2D eigenvalue weighted by Crippen LogP contribution is -2.40. The maximum absolute atomic E-state index is 5.40. The van der Waals surface area contributed by atoms with Gasteiger partial charge in [0.1, 0.15) is 0 Å². The van der Waals surface area contributed by atoms with Gasteiger partial charge in [0.15, 0.2) is 5.96 Å². The highest BCUT2D eigenvalue weighted by Crippen LogP contribution is 2.25.